The minimum absolute atomic E-state index is 0.145. The molecule has 0 aliphatic rings. The molecule has 0 bridgehead atoms. The average molecular weight is 377 g/mol. The molecule has 136 valence electrons. The van der Waals surface area contributed by atoms with E-state index in [1.54, 1.807) is 6.07 Å². The van der Waals surface area contributed by atoms with Gasteiger partial charge in [-0.15, -0.1) is 11.3 Å². The summed E-state index contributed by atoms with van der Waals surface area (Å²) >= 11 is 1.39. The van der Waals surface area contributed by atoms with E-state index >= 15 is 0 Å². The number of benzene rings is 2. The lowest BCUT2D eigenvalue weighted by atomic mass is 10.1. The molecule has 5 nitrogen and oxygen atoms in total. The molecule has 3 rings (SSSR count). The third kappa shape index (κ3) is 5.36. The summed E-state index contributed by atoms with van der Waals surface area (Å²) in [6.45, 7) is 1.81. The van der Waals surface area contributed by atoms with E-state index in [0.29, 0.717) is 16.3 Å². The van der Waals surface area contributed by atoms with E-state index in [-0.39, 0.29) is 18.2 Å². The second-order valence-electron chi connectivity index (χ2n) is 5.91. The van der Waals surface area contributed by atoms with Crippen molar-refractivity contribution in [3.05, 3.63) is 88.1 Å². The Kier molecular flexibility index (Phi) is 6.12. The first-order valence-electron chi connectivity index (χ1n) is 8.44. The van der Waals surface area contributed by atoms with Crippen molar-refractivity contribution in [3.8, 4) is 0 Å². The van der Waals surface area contributed by atoms with Crippen LogP contribution in [-0.2, 0) is 11.2 Å². The van der Waals surface area contributed by atoms with Crippen LogP contribution in [0.25, 0.3) is 0 Å². The number of nitrogens with zero attached hydrogens (tertiary/aromatic N) is 1. The second-order valence-corrected chi connectivity index (χ2v) is 6.85. The first-order chi connectivity index (χ1) is 13.1. The first kappa shape index (κ1) is 18.5. The number of nitrogens with one attached hydrogen (secondary N) is 2. The number of amides is 2. The lowest BCUT2D eigenvalue weighted by Gasteiger charge is -2.07. The largest absolute Gasteiger partial charge is 0.321 e. The van der Waals surface area contributed by atoms with Crippen LogP contribution in [0.3, 0.4) is 0 Å². The number of carbonyl (C=O) groups excluding carboxylic acids is 2. The van der Waals surface area contributed by atoms with Crippen molar-refractivity contribution >= 4 is 34.6 Å². The Hall–Kier alpha value is -3.25. The van der Waals surface area contributed by atoms with Crippen LogP contribution < -0.4 is 10.7 Å². The molecule has 0 radical (unpaired) electrons. The van der Waals surface area contributed by atoms with Gasteiger partial charge in [-0.05, 0) is 41.6 Å². The van der Waals surface area contributed by atoms with Crippen molar-refractivity contribution in [1.82, 2.24) is 5.43 Å². The number of thiophene rings is 1. The van der Waals surface area contributed by atoms with Crippen molar-refractivity contribution in [2.45, 2.75) is 13.3 Å². The van der Waals surface area contributed by atoms with Crippen molar-refractivity contribution in [3.63, 3.8) is 0 Å². The maximum Gasteiger partial charge on any atom is 0.265 e. The van der Waals surface area contributed by atoms with Crippen LogP contribution in [0.15, 0.2) is 77.2 Å². The number of hydrazone groups is 1. The average Bonchev–Trinajstić information content (AvgIpc) is 3.22. The Balaban J connectivity index is 1.62. The van der Waals surface area contributed by atoms with Crippen molar-refractivity contribution in [2.75, 3.05) is 5.32 Å². The van der Waals surface area contributed by atoms with E-state index in [1.165, 1.54) is 11.3 Å². The van der Waals surface area contributed by atoms with Crippen LogP contribution in [-0.4, -0.2) is 17.5 Å². The zero-order valence-corrected chi connectivity index (χ0v) is 15.6. The third-order valence-corrected chi connectivity index (χ3v) is 4.71. The third-order valence-electron chi connectivity index (χ3n) is 3.84. The molecule has 6 heteroatoms. The van der Waals surface area contributed by atoms with E-state index < -0.39 is 0 Å². The molecule has 27 heavy (non-hydrogen) atoms. The molecule has 0 saturated heterocycles. The molecule has 0 aliphatic heterocycles. The molecule has 1 heterocycles. The fourth-order valence-corrected chi connectivity index (χ4v) is 3.07. The van der Waals surface area contributed by atoms with Gasteiger partial charge in [-0.3, -0.25) is 9.59 Å². The van der Waals surface area contributed by atoms with Crippen molar-refractivity contribution in [1.29, 1.82) is 0 Å². The predicted octanol–water partition coefficient (Wildman–Crippen LogP) is 4.08. The van der Waals surface area contributed by atoms with Crippen LogP contribution in [0, 0.1) is 0 Å². The number of anilines is 1. The van der Waals surface area contributed by atoms with E-state index in [1.807, 2.05) is 73.0 Å². The van der Waals surface area contributed by atoms with E-state index in [9.17, 15) is 9.59 Å². The van der Waals surface area contributed by atoms with Gasteiger partial charge < -0.3 is 5.32 Å². The molecule has 2 amide bonds. The monoisotopic (exact) mass is 377 g/mol. The molecular formula is C21H19N3O2S. The summed E-state index contributed by atoms with van der Waals surface area (Å²) in [7, 11) is 0. The molecule has 0 aliphatic carbocycles. The predicted molar refractivity (Wildman–Crippen MR) is 109 cm³/mol. The molecule has 0 atom stereocenters. The lowest BCUT2D eigenvalue weighted by Crippen LogP contribution is -2.21. The standard InChI is InChI=1S/C21H19N3O2S/c1-15(23-24-20(25)13-16-7-3-2-4-8-16)17-9-5-10-18(14-17)22-21(26)19-11-6-12-27-19/h2-12,14H,13H2,1H3,(H,22,26)(H,24,25). The molecule has 2 aromatic carbocycles. The summed E-state index contributed by atoms with van der Waals surface area (Å²) in [6, 6.07) is 20.5. The fraction of sp³-hybridized carbons (Fsp3) is 0.0952. The van der Waals surface area contributed by atoms with Gasteiger partial charge >= 0.3 is 0 Å². The minimum Gasteiger partial charge on any atom is -0.321 e. The van der Waals surface area contributed by atoms with Crippen LogP contribution in [0.1, 0.15) is 27.7 Å². The maximum atomic E-state index is 12.2. The van der Waals surface area contributed by atoms with Crippen molar-refractivity contribution < 1.29 is 9.59 Å². The summed E-state index contributed by atoms with van der Waals surface area (Å²) in [5.74, 6) is -0.324. The van der Waals surface area contributed by atoms with Crippen LogP contribution in [0.2, 0.25) is 0 Å². The van der Waals surface area contributed by atoms with E-state index in [2.05, 4.69) is 15.8 Å². The molecule has 3 aromatic rings. The van der Waals surface area contributed by atoms with Crippen LogP contribution in [0.4, 0.5) is 5.69 Å². The number of carbonyl (C=O) groups is 2. The quantitative estimate of drug-likeness (QED) is 0.502. The zero-order chi connectivity index (χ0) is 19.1. The molecule has 0 fully saturated rings. The highest BCUT2D eigenvalue weighted by molar-refractivity contribution is 7.12. The minimum atomic E-state index is -0.178. The fourth-order valence-electron chi connectivity index (χ4n) is 2.45. The van der Waals surface area contributed by atoms with E-state index in [4.69, 9.17) is 0 Å². The Labute approximate surface area is 161 Å². The van der Waals surface area contributed by atoms with Gasteiger partial charge in [0.25, 0.3) is 5.91 Å². The van der Waals surface area contributed by atoms with Gasteiger partial charge in [-0.2, -0.15) is 5.10 Å². The van der Waals surface area contributed by atoms with Gasteiger partial charge in [0.05, 0.1) is 17.0 Å². The van der Waals surface area contributed by atoms with Gasteiger partial charge in [0.2, 0.25) is 5.91 Å². The number of hydrogen-bond donors (Lipinski definition) is 2. The Bertz CT molecular complexity index is 951. The smallest absolute Gasteiger partial charge is 0.265 e. The summed E-state index contributed by atoms with van der Waals surface area (Å²) in [4.78, 5) is 24.8. The summed E-state index contributed by atoms with van der Waals surface area (Å²) in [5, 5.41) is 8.89. The second kappa shape index (κ2) is 8.91. The molecule has 0 unspecified atom stereocenters. The normalized spacial score (nSPS) is 11.1. The van der Waals surface area contributed by atoms with Gasteiger partial charge in [0.1, 0.15) is 0 Å². The maximum absolute atomic E-state index is 12.2. The Morgan fingerprint density at radius 1 is 1.00 bits per heavy atom. The van der Waals surface area contributed by atoms with Gasteiger partial charge in [-0.25, -0.2) is 5.43 Å². The highest BCUT2D eigenvalue weighted by atomic mass is 32.1. The summed E-state index contributed by atoms with van der Waals surface area (Å²) < 4.78 is 0. The molecule has 0 saturated carbocycles. The molecule has 2 N–H and O–H groups in total. The highest BCUT2D eigenvalue weighted by Gasteiger charge is 2.08. The lowest BCUT2D eigenvalue weighted by molar-refractivity contribution is -0.120. The van der Waals surface area contributed by atoms with E-state index in [0.717, 1.165) is 11.1 Å². The first-order valence-corrected chi connectivity index (χ1v) is 9.32. The molecule has 1 aromatic heterocycles. The highest BCUT2D eigenvalue weighted by Crippen LogP contribution is 2.15. The summed E-state index contributed by atoms with van der Waals surface area (Å²) in [6.07, 6.45) is 0.272. The van der Waals surface area contributed by atoms with Crippen LogP contribution >= 0.6 is 11.3 Å². The Morgan fingerprint density at radius 3 is 2.56 bits per heavy atom. The molecule has 0 spiro atoms. The zero-order valence-electron chi connectivity index (χ0n) is 14.8. The van der Waals surface area contributed by atoms with Gasteiger partial charge in [0.15, 0.2) is 0 Å². The Morgan fingerprint density at radius 2 is 1.81 bits per heavy atom. The number of hydrogen-bond acceptors (Lipinski definition) is 4. The van der Waals surface area contributed by atoms with Crippen LogP contribution in [0.5, 0.6) is 0 Å². The number of rotatable bonds is 6. The van der Waals surface area contributed by atoms with Gasteiger partial charge in [0, 0.05) is 5.69 Å². The van der Waals surface area contributed by atoms with Gasteiger partial charge in [-0.1, -0.05) is 48.5 Å². The van der Waals surface area contributed by atoms with Crippen molar-refractivity contribution in [2.24, 2.45) is 5.10 Å². The SMILES string of the molecule is CC(=NNC(=O)Cc1ccccc1)c1cccc(NC(=O)c2cccs2)c1. The summed E-state index contributed by atoms with van der Waals surface area (Å²) in [5.41, 5.74) is 5.66. The molecular weight excluding hydrogens is 358 g/mol. The topological polar surface area (TPSA) is 70.6 Å².